The molecule has 0 bridgehead atoms. The lowest BCUT2D eigenvalue weighted by Crippen LogP contribution is -2.42. The summed E-state index contributed by atoms with van der Waals surface area (Å²) >= 11 is 7.59. The van der Waals surface area contributed by atoms with Gasteiger partial charge >= 0.3 is 0 Å². The van der Waals surface area contributed by atoms with Gasteiger partial charge in [-0.25, -0.2) is 13.4 Å². The quantitative estimate of drug-likeness (QED) is 0.830. The van der Waals surface area contributed by atoms with Crippen LogP contribution < -0.4 is 4.72 Å². The van der Waals surface area contributed by atoms with Crippen LogP contribution in [0.25, 0.3) is 6.08 Å². The molecule has 1 aliphatic carbocycles. The molecular formula is C17H19ClN2O2S2. The van der Waals surface area contributed by atoms with Crippen molar-refractivity contribution in [3.8, 4) is 0 Å². The van der Waals surface area contributed by atoms with Crippen LogP contribution in [0, 0.1) is 6.92 Å². The molecule has 2 aromatic rings. The van der Waals surface area contributed by atoms with E-state index >= 15 is 0 Å². The summed E-state index contributed by atoms with van der Waals surface area (Å²) in [6.45, 7) is 1.93. The van der Waals surface area contributed by atoms with Crippen molar-refractivity contribution in [1.82, 2.24) is 9.71 Å². The first-order valence-electron chi connectivity index (χ1n) is 7.79. The van der Waals surface area contributed by atoms with E-state index in [1.165, 1.54) is 22.8 Å². The van der Waals surface area contributed by atoms with Crippen LogP contribution in [0.3, 0.4) is 0 Å². The number of sulfonamides is 1. The van der Waals surface area contributed by atoms with Crippen LogP contribution in [0.5, 0.6) is 0 Å². The Balaban J connectivity index is 1.85. The van der Waals surface area contributed by atoms with E-state index < -0.39 is 15.6 Å². The van der Waals surface area contributed by atoms with E-state index in [0.29, 0.717) is 10.6 Å². The minimum atomic E-state index is -3.60. The van der Waals surface area contributed by atoms with Crippen molar-refractivity contribution >= 4 is 39.0 Å². The smallest absolute Gasteiger partial charge is 0.234 e. The van der Waals surface area contributed by atoms with Gasteiger partial charge in [0.25, 0.3) is 0 Å². The second-order valence-corrected chi connectivity index (χ2v) is 8.89. The summed E-state index contributed by atoms with van der Waals surface area (Å²) in [6, 6.07) is 7.15. The SMILES string of the molecule is Cc1csc(C2(NS(=O)(=O)/C=C/c3ccccc3Cl)CCCC2)n1. The summed E-state index contributed by atoms with van der Waals surface area (Å²) in [5.41, 5.74) is 1.02. The van der Waals surface area contributed by atoms with Gasteiger partial charge in [-0.3, -0.25) is 0 Å². The molecule has 1 N–H and O–H groups in total. The normalized spacial score (nSPS) is 17.6. The number of hydrogen-bond donors (Lipinski definition) is 1. The Morgan fingerprint density at radius 2 is 2.00 bits per heavy atom. The van der Waals surface area contributed by atoms with Gasteiger partial charge in [-0.05, 0) is 37.5 Å². The van der Waals surface area contributed by atoms with Crippen molar-refractivity contribution in [3.05, 3.63) is 56.3 Å². The number of benzene rings is 1. The molecule has 1 fully saturated rings. The van der Waals surface area contributed by atoms with E-state index in [0.717, 1.165) is 36.4 Å². The summed E-state index contributed by atoms with van der Waals surface area (Å²) in [6.07, 6.45) is 5.07. The van der Waals surface area contributed by atoms with E-state index in [1.54, 1.807) is 12.1 Å². The molecule has 1 aliphatic rings. The lowest BCUT2D eigenvalue weighted by atomic mass is 10.0. The van der Waals surface area contributed by atoms with Crippen molar-refractivity contribution in [2.24, 2.45) is 0 Å². The zero-order chi connectivity index (χ0) is 17.2. The summed E-state index contributed by atoms with van der Waals surface area (Å²) in [5, 5.41) is 4.53. The van der Waals surface area contributed by atoms with E-state index in [9.17, 15) is 8.42 Å². The molecule has 1 saturated carbocycles. The molecular weight excluding hydrogens is 364 g/mol. The van der Waals surface area contributed by atoms with Crippen molar-refractivity contribution in [2.75, 3.05) is 0 Å². The second kappa shape index (κ2) is 6.96. The highest BCUT2D eigenvalue weighted by Gasteiger charge is 2.40. The Morgan fingerprint density at radius 3 is 2.62 bits per heavy atom. The van der Waals surface area contributed by atoms with Crippen LogP contribution in [0.1, 0.15) is 41.9 Å². The monoisotopic (exact) mass is 382 g/mol. The summed E-state index contributed by atoms with van der Waals surface area (Å²) in [4.78, 5) is 4.53. The molecule has 1 aromatic heterocycles. The molecule has 24 heavy (non-hydrogen) atoms. The van der Waals surface area contributed by atoms with E-state index in [-0.39, 0.29) is 0 Å². The Kier molecular flexibility index (Phi) is 5.11. The molecule has 1 aromatic carbocycles. The predicted octanol–water partition coefficient (Wildman–Crippen LogP) is 4.46. The molecule has 3 rings (SSSR count). The minimum Gasteiger partial charge on any atom is -0.245 e. The maximum atomic E-state index is 12.6. The maximum Gasteiger partial charge on any atom is 0.234 e. The molecule has 0 aliphatic heterocycles. The first kappa shape index (κ1) is 17.6. The largest absolute Gasteiger partial charge is 0.245 e. The summed E-state index contributed by atoms with van der Waals surface area (Å²) < 4.78 is 28.1. The average molecular weight is 383 g/mol. The van der Waals surface area contributed by atoms with Crippen molar-refractivity contribution in [1.29, 1.82) is 0 Å². The van der Waals surface area contributed by atoms with Crippen LogP contribution in [0.4, 0.5) is 0 Å². The third kappa shape index (κ3) is 3.88. The van der Waals surface area contributed by atoms with Gasteiger partial charge in [0.15, 0.2) is 0 Å². The van der Waals surface area contributed by atoms with Crippen molar-refractivity contribution in [2.45, 2.75) is 38.1 Å². The Morgan fingerprint density at radius 1 is 1.29 bits per heavy atom. The van der Waals surface area contributed by atoms with Crippen LogP contribution >= 0.6 is 22.9 Å². The van der Waals surface area contributed by atoms with Gasteiger partial charge < -0.3 is 0 Å². The van der Waals surface area contributed by atoms with Gasteiger partial charge in [-0.1, -0.05) is 42.6 Å². The molecule has 0 atom stereocenters. The van der Waals surface area contributed by atoms with Crippen LogP contribution in [-0.2, 0) is 15.6 Å². The molecule has 1 heterocycles. The Bertz CT molecular complexity index is 853. The third-order valence-corrected chi connectivity index (χ3v) is 6.83. The summed E-state index contributed by atoms with van der Waals surface area (Å²) in [5.74, 6) is 0. The molecule has 7 heteroatoms. The van der Waals surface area contributed by atoms with Gasteiger partial charge in [-0.2, -0.15) is 4.72 Å². The lowest BCUT2D eigenvalue weighted by Gasteiger charge is -2.27. The molecule has 0 saturated heterocycles. The van der Waals surface area contributed by atoms with Crippen LogP contribution in [0.15, 0.2) is 35.1 Å². The topological polar surface area (TPSA) is 59.1 Å². The molecule has 128 valence electrons. The average Bonchev–Trinajstić information content (AvgIpc) is 3.16. The van der Waals surface area contributed by atoms with E-state index in [2.05, 4.69) is 9.71 Å². The number of aromatic nitrogens is 1. The van der Waals surface area contributed by atoms with Gasteiger partial charge in [0, 0.05) is 21.5 Å². The zero-order valence-electron chi connectivity index (χ0n) is 13.3. The number of nitrogens with zero attached hydrogens (tertiary/aromatic N) is 1. The van der Waals surface area contributed by atoms with Gasteiger partial charge in [0.1, 0.15) is 5.01 Å². The van der Waals surface area contributed by atoms with Crippen LogP contribution in [-0.4, -0.2) is 13.4 Å². The van der Waals surface area contributed by atoms with Gasteiger partial charge in [-0.15, -0.1) is 11.3 Å². The number of rotatable bonds is 5. The summed E-state index contributed by atoms with van der Waals surface area (Å²) in [7, 11) is -3.60. The number of thiazole rings is 1. The first-order chi connectivity index (χ1) is 11.4. The number of halogens is 1. The highest BCUT2D eigenvalue weighted by molar-refractivity contribution is 7.92. The fourth-order valence-electron chi connectivity index (χ4n) is 2.99. The molecule has 0 unspecified atom stereocenters. The van der Waals surface area contributed by atoms with Gasteiger partial charge in [0.05, 0.1) is 5.54 Å². The minimum absolute atomic E-state index is 0.523. The molecule has 0 amide bonds. The maximum absolute atomic E-state index is 12.6. The van der Waals surface area contributed by atoms with Gasteiger partial charge in [0.2, 0.25) is 10.0 Å². The van der Waals surface area contributed by atoms with Crippen LogP contribution in [0.2, 0.25) is 5.02 Å². The molecule has 4 nitrogen and oxygen atoms in total. The van der Waals surface area contributed by atoms with E-state index in [4.69, 9.17) is 11.6 Å². The van der Waals surface area contributed by atoms with Crippen molar-refractivity contribution < 1.29 is 8.42 Å². The first-order valence-corrected chi connectivity index (χ1v) is 10.6. The highest BCUT2D eigenvalue weighted by Crippen LogP contribution is 2.40. The van der Waals surface area contributed by atoms with Crippen molar-refractivity contribution in [3.63, 3.8) is 0 Å². The number of nitrogens with one attached hydrogen (secondary N) is 1. The Labute approximate surface area is 151 Å². The zero-order valence-corrected chi connectivity index (χ0v) is 15.7. The fourth-order valence-corrected chi connectivity index (χ4v) is 5.51. The molecule has 0 spiro atoms. The standard InChI is InChI=1S/C17H19ClN2O2S2/c1-13-12-23-16(19-13)17(9-4-5-10-17)20-24(21,22)11-8-14-6-2-3-7-15(14)18/h2-3,6-8,11-12,20H,4-5,9-10H2,1H3/b11-8+. The third-order valence-electron chi connectivity index (χ3n) is 4.16. The highest BCUT2D eigenvalue weighted by atomic mass is 35.5. The fraction of sp³-hybridized carbons (Fsp3) is 0.353. The van der Waals surface area contributed by atoms with E-state index in [1.807, 2.05) is 24.4 Å². The molecule has 0 radical (unpaired) electrons. The number of hydrogen-bond acceptors (Lipinski definition) is 4. The second-order valence-electron chi connectivity index (χ2n) is 6.05. The lowest BCUT2D eigenvalue weighted by molar-refractivity contribution is 0.404. The number of aryl methyl sites for hydroxylation is 1. The Hall–Kier alpha value is -1.21. The predicted molar refractivity (Wildman–Crippen MR) is 99.5 cm³/mol.